The van der Waals surface area contributed by atoms with Crippen molar-refractivity contribution < 1.29 is 4.92 Å². The molecular weight excluding hydrogens is 303 g/mol. The van der Waals surface area contributed by atoms with Crippen LogP contribution in [0, 0.1) is 25.0 Å². The third-order valence-corrected chi connectivity index (χ3v) is 2.63. The molecule has 0 aliphatic carbocycles. The molecule has 1 aromatic rings. The van der Waals surface area contributed by atoms with E-state index in [1.165, 1.54) is 12.1 Å². The van der Waals surface area contributed by atoms with Crippen molar-refractivity contribution in [3.05, 3.63) is 31.4 Å². The van der Waals surface area contributed by atoms with Crippen LogP contribution < -0.4 is 0 Å². The molecule has 0 atom stereocenters. The van der Waals surface area contributed by atoms with Gasteiger partial charge in [0, 0.05) is 9.64 Å². The van der Waals surface area contributed by atoms with Crippen LogP contribution in [-0.2, 0) is 0 Å². The molecule has 0 aliphatic rings. The Balaban J connectivity index is 3.39. The lowest BCUT2D eigenvalue weighted by Gasteiger charge is -1.98. The number of halogens is 1. The normalized spacial score (nSPS) is 9.31. The second-order valence-corrected chi connectivity index (χ2v) is 3.83. The topological polar surface area (TPSA) is 66.9 Å². The molecule has 0 fully saturated rings. The molecule has 13 heavy (non-hydrogen) atoms. The summed E-state index contributed by atoms with van der Waals surface area (Å²) in [6.45, 7) is 0. The first-order valence-electron chi connectivity index (χ1n) is 3.13. The number of nitrogens with zero attached hydrogens (tertiary/aromatic N) is 2. The van der Waals surface area contributed by atoms with Crippen molar-refractivity contribution in [1.82, 2.24) is 0 Å². The van der Waals surface area contributed by atoms with Gasteiger partial charge in [-0.1, -0.05) is 0 Å². The number of hydrogen-bond acceptors (Lipinski definition) is 4. The minimum Gasteiger partial charge on any atom is -0.258 e. The van der Waals surface area contributed by atoms with Crippen molar-refractivity contribution in [2.75, 3.05) is 0 Å². The highest BCUT2D eigenvalue weighted by atomic mass is 127. The summed E-state index contributed by atoms with van der Waals surface area (Å²) in [5.74, 6) is 0. The first-order valence-corrected chi connectivity index (χ1v) is 4.66. The van der Waals surface area contributed by atoms with Gasteiger partial charge in [-0.2, -0.15) is 5.26 Å². The van der Waals surface area contributed by atoms with Crippen molar-refractivity contribution >= 4 is 40.9 Å². The van der Waals surface area contributed by atoms with Crippen LogP contribution in [0.3, 0.4) is 0 Å². The third kappa shape index (κ3) is 2.10. The predicted molar refractivity (Wildman–Crippen MR) is 57.8 cm³/mol. The van der Waals surface area contributed by atoms with Crippen LogP contribution >= 0.6 is 35.2 Å². The maximum Gasteiger partial charge on any atom is 0.283 e. The van der Waals surface area contributed by atoms with Crippen molar-refractivity contribution in [2.45, 2.75) is 4.90 Å². The lowest BCUT2D eigenvalue weighted by Crippen LogP contribution is -1.92. The first-order chi connectivity index (χ1) is 6.06. The van der Waals surface area contributed by atoms with Crippen LogP contribution in [0.5, 0.6) is 0 Å². The van der Waals surface area contributed by atoms with E-state index >= 15 is 0 Å². The average Bonchev–Trinajstić information content (AvgIpc) is 2.07. The van der Waals surface area contributed by atoms with Crippen LogP contribution in [0.2, 0.25) is 0 Å². The highest BCUT2D eigenvalue weighted by Gasteiger charge is 2.14. The molecule has 1 aromatic carbocycles. The Morgan fingerprint density at radius 1 is 1.62 bits per heavy atom. The predicted octanol–water partition coefficient (Wildman–Crippen LogP) is 2.36. The Bertz CT molecular complexity index is 414. The number of hydrogen-bond donors (Lipinski definition) is 1. The Hall–Kier alpha value is -0.810. The SMILES string of the molecule is N#Cc1cc(S)c([N+](=O)[O-])cc1I. The van der Waals surface area contributed by atoms with E-state index < -0.39 is 4.92 Å². The highest BCUT2D eigenvalue weighted by molar-refractivity contribution is 14.1. The molecule has 0 aromatic heterocycles. The molecule has 0 heterocycles. The summed E-state index contributed by atoms with van der Waals surface area (Å²) in [5.41, 5.74) is 0.322. The Kier molecular flexibility index (Phi) is 3.11. The lowest BCUT2D eigenvalue weighted by molar-refractivity contribution is -0.387. The number of benzene rings is 1. The summed E-state index contributed by atoms with van der Waals surface area (Å²) in [5, 5.41) is 19.1. The minimum atomic E-state index is -0.522. The molecule has 0 aliphatic heterocycles. The summed E-state index contributed by atoms with van der Waals surface area (Å²) in [4.78, 5) is 10.1. The maximum absolute atomic E-state index is 10.4. The zero-order valence-corrected chi connectivity index (χ0v) is 9.24. The molecule has 0 spiro atoms. The standard InChI is InChI=1S/C7H3IN2O2S/c8-5-2-6(10(11)12)7(13)1-4(5)3-9/h1-2,13H. The Morgan fingerprint density at radius 3 is 2.69 bits per heavy atom. The summed E-state index contributed by atoms with van der Waals surface area (Å²) >= 11 is 5.79. The molecule has 66 valence electrons. The summed E-state index contributed by atoms with van der Waals surface area (Å²) in [7, 11) is 0. The van der Waals surface area contributed by atoms with Gasteiger partial charge in [-0.05, 0) is 28.7 Å². The van der Waals surface area contributed by atoms with E-state index in [1.807, 2.05) is 28.7 Å². The molecule has 0 unspecified atom stereocenters. The second kappa shape index (κ2) is 3.93. The molecule has 0 saturated carbocycles. The lowest BCUT2D eigenvalue weighted by atomic mass is 10.2. The van der Waals surface area contributed by atoms with Crippen LogP contribution in [0.25, 0.3) is 0 Å². The first kappa shape index (κ1) is 10.3. The van der Waals surface area contributed by atoms with E-state index in [0.29, 0.717) is 9.13 Å². The Labute approximate surface area is 93.3 Å². The summed E-state index contributed by atoms with van der Waals surface area (Å²) < 4.78 is 0.560. The van der Waals surface area contributed by atoms with Crippen LogP contribution in [0.15, 0.2) is 17.0 Å². The fourth-order valence-electron chi connectivity index (χ4n) is 0.783. The van der Waals surface area contributed by atoms with E-state index in [9.17, 15) is 10.1 Å². The molecule has 0 radical (unpaired) electrons. The van der Waals surface area contributed by atoms with E-state index in [-0.39, 0.29) is 10.6 Å². The molecule has 6 heteroatoms. The molecule has 0 amide bonds. The van der Waals surface area contributed by atoms with E-state index in [1.54, 1.807) is 0 Å². The quantitative estimate of drug-likeness (QED) is 0.375. The molecule has 4 nitrogen and oxygen atoms in total. The number of rotatable bonds is 1. The van der Waals surface area contributed by atoms with Gasteiger partial charge in [-0.15, -0.1) is 12.6 Å². The van der Waals surface area contributed by atoms with Gasteiger partial charge in [-0.3, -0.25) is 10.1 Å². The maximum atomic E-state index is 10.4. The smallest absolute Gasteiger partial charge is 0.258 e. The van der Waals surface area contributed by atoms with Gasteiger partial charge < -0.3 is 0 Å². The van der Waals surface area contributed by atoms with Gasteiger partial charge >= 0.3 is 0 Å². The number of nitro groups is 1. The van der Waals surface area contributed by atoms with E-state index in [0.717, 1.165) is 0 Å². The van der Waals surface area contributed by atoms with Crippen LogP contribution in [0.1, 0.15) is 5.56 Å². The second-order valence-electron chi connectivity index (χ2n) is 2.19. The fourth-order valence-corrected chi connectivity index (χ4v) is 1.63. The monoisotopic (exact) mass is 306 g/mol. The number of thiol groups is 1. The third-order valence-electron chi connectivity index (χ3n) is 1.38. The van der Waals surface area contributed by atoms with Crippen molar-refractivity contribution in [3.8, 4) is 6.07 Å². The van der Waals surface area contributed by atoms with E-state index in [2.05, 4.69) is 12.6 Å². The minimum absolute atomic E-state index is 0.0771. The van der Waals surface area contributed by atoms with E-state index in [4.69, 9.17) is 5.26 Å². The molecule has 1 rings (SSSR count). The van der Waals surface area contributed by atoms with Gasteiger partial charge in [0.1, 0.15) is 6.07 Å². The number of nitro benzene ring substituents is 1. The fraction of sp³-hybridized carbons (Fsp3) is 0. The zero-order valence-electron chi connectivity index (χ0n) is 6.19. The molecule has 0 saturated heterocycles. The van der Waals surface area contributed by atoms with Gasteiger partial charge in [0.15, 0.2) is 0 Å². The molecule has 0 N–H and O–H groups in total. The summed E-state index contributed by atoms with van der Waals surface area (Å²) in [6.07, 6.45) is 0. The van der Waals surface area contributed by atoms with Crippen molar-refractivity contribution in [1.29, 1.82) is 5.26 Å². The average molecular weight is 306 g/mol. The van der Waals surface area contributed by atoms with Gasteiger partial charge in [0.25, 0.3) is 5.69 Å². The van der Waals surface area contributed by atoms with Gasteiger partial charge in [-0.25, -0.2) is 0 Å². The van der Waals surface area contributed by atoms with Gasteiger partial charge in [0.2, 0.25) is 0 Å². The zero-order chi connectivity index (χ0) is 10.0. The van der Waals surface area contributed by atoms with Crippen LogP contribution in [0.4, 0.5) is 5.69 Å². The number of nitriles is 1. The Morgan fingerprint density at radius 2 is 2.23 bits per heavy atom. The highest BCUT2D eigenvalue weighted by Crippen LogP contribution is 2.26. The largest absolute Gasteiger partial charge is 0.283 e. The molecule has 0 bridgehead atoms. The van der Waals surface area contributed by atoms with Gasteiger partial charge in [0.05, 0.1) is 15.4 Å². The van der Waals surface area contributed by atoms with Crippen LogP contribution in [-0.4, -0.2) is 4.92 Å². The van der Waals surface area contributed by atoms with Crippen molar-refractivity contribution in [2.24, 2.45) is 0 Å². The van der Waals surface area contributed by atoms with Crippen molar-refractivity contribution in [3.63, 3.8) is 0 Å². The summed E-state index contributed by atoms with van der Waals surface area (Å²) in [6, 6.07) is 4.65. The molecular formula is C7H3IN2O2S.